The van der Waals surface area contributed by atoms with Crippen LogP contribution >= 0.6 is 22.9 Å². The summed E-state index contributed by atoms with van der Waals surface area (Å²) in [6.07, 6.45) is 0. The molecule has 0 atom stereocenters. The zero-order valence-electron chi connectivity index (χ0n) is 13.7. The lowest BCUT2D eigenvalue weighted by Gasteiger charge is -2.07. The molecular weight excluding hydrogens is 356 g/mol. The Labute approximate surface area is 155 Å². The maximum absolute atomic E-state index is 11.9. The van der Waals surface area contributed by atoms with E-state index in [1.165, 1.54) is 5.56 Å². The van der Waals surface area contributed by atoms with Crippen LogP contribution in [0.4, 0.5) is 0 Å². The van der Waals surface area contributed by atoms with Crippen LogP contribution in [-0.2, 0) is 11.3 Å². The van der Waals surface area contributed by atoms with Crippen LogP contribution in [0.3, 0.4) is 0 Å². The Hall–Kier alpha value is -2.37. The van der Waals surface area contributed by atoms with Crippen molar-refractivity contribution in [2.45, 2.75) is 13.5 Å². The van der Waals surface area contributed by atoms with Crippen LogP contribution in [0.2, 0.25) is 5.02 Å². The predicted octanol–water partition coefficient (Wildman–Crippen LogP) is 4.47. The van der Waals surface area contributed by atoms with Gasteiger partial charge in [0.05, 0.1) is 17.3 Å². The third-order valence-electron chi connectivity index (χ3n) is 3.51. The van der Waals surface area contributed by atoms with Gasteiger partial charge in [0, 0.05) is 10.9 Å². The van der Waals surface area contributed by atoms with Crippen molar-refractivity contribution in [3.05, 3.63) is 70.2 Å². The van der Waals surface area contributed by atoms with Crippen LogP contribution in [0.25, 0.3) is 10.6 Å². The van der Waals surface area contributed by atoms with Crippen LogP contribution in [0.5, 0.6) is 5.75 Å². The number of aromatic nitrogens is 1. The Bertz CT molecular complexity index is 862. The first-order valence-electron chi connectivity index (χ1n) is 7.77. The van der Waals surface area contributed by atoms with Crippen LogP contribution in [0.15, 0.2) is 53.9 Å². The van der Waals surface area contributed by atoms with Crippen molar-refractivity contribution in [2.75, 3.05) is 6.61 Å². The van der Waals surface area contributed by atoms with E-state index in [0.29, 0.717) is 17.3 Å². The molecule has 0 saturated heterocycles. The molecular formula is C19H17ClN2O2S. The van der Waals surface area contributed by atoms with Crippen molar-refractivity contribution in [2.24, 2.45) is 0 Å². The number of nitrogens with zero attached hydrogens (tertiary/aromatic N) is 1. The SMILES string of the molecule is Cc1ccc(-c2nc(CNC(=O)COc3ccccc3Cl)cs2)cc1. The zero-order chi connectivity index (χ0) is 17.6. The number of amides is 1. The van der Waals surface area contributed by atoms with E-state index in [9.17, 15) is 4.79 Å². The van der Waals surface area contributed by atoms with Crippen molar-refractivity contribution < 1.29 is 9.53 Å². The van der Waals surface area contributed by atoms with Gasteiger partial charge in [-0.05, 0) is 19.1 Å². The van der Waals surface area contributed by atoms with E-state index < -0.39 is 0 Å². The number of carbonyl (C=O) groups excluding carboxylic acids is 1. The standard InChI is InChI=1S/C19H17ClN2O2S/c1-13-6-8-14(9-7-13)19-22-15(12-25-19)10-21-18(23)11-24-17-5-3-2-4-16(17)20/h2-9,12H,10-11H2,1H3,(H,21,23). The van der Waals surface area contributed by atoms with Crippen molar-refractivity contribution in [1.29, 1.82) is 0 Å². The number of nitrogens with one attached hydrogen (secondary N) is 1. The van der Waals surface area contributed by atoms with E-state index in [0.717, 1.165) is 16.3 Å². The summed E-state index contributed by atoms with van der Waals surface area (Å²) in [4.78, 5) is 16.5. The number of ether oxygens (including phenoxy) is 1. The van der Waals surface area contributed by atoms with E-state index >= 15 is 0 Å². The Morgan fingerprint density at radius 1 is 1.20 bits per heavy atom. The van der Waals surface area contributed by atoms with Gasteiger partial charge in [-0.2, -0.15) is 0 Å². The Morgan fingerprint density at radius 3 is 2.72 bits per heavy atom. The fourth-order valence-electron chi connectivity index (χ4n) is 2.16. The van der Waals surface area contributed by atoms with Gasteiger partial charge in [-0.3, -0.25) is 4.79 Å². The van der Waals surface area contributed by atoms with Crippen LogP contribution in [0.1, 0.15) is 11.3 Å². The number of rotatable bonds is 6. The molecule has 1 aromatic heterocycles. The van der Waals surface area contributed by atoms with Gasteiger partial charge in [0.2, 0.25) is 0 Å². The highest BCUT2D eigenvalue weighted by atomic mass is 35.5. The minimum absolute atomic E-state index is 0.0846. The highest BCUT2D eigenvalue weighted by Crippen LogP contribution is 2.24. The third-order valence-corrected chi connectivity index (χ3v) is 4.76. The van der Waals surface area contributed by atoms with Gasteiger partial charge in [-0.1, -0.05) is 53.6 Å². The summed E-state index contributed by atoms with van der Waals surface area (Å²) in [6, 6.07) is 15.3. The lowest BCUT2D eigenvalue weighted by atomic mass is 10.2. The molecule has 0 aliphatic rings. The molecule has 0 aliphatic heterocycles. The number of para-hydroxylation sites is 1. The molecule has 128 valence electrons. The molecule has 0 aliphatic carbocycles. The Kier molecular flexibility index (Phi) is 5.68. The molecule has 1 heterocycles. The van der Waals surface area contributed by atoms with Gasteiger partial charge in [0.15, 0.2) is 6.61 Å². The monoisotopic (exact) mass is 372 g/mol. The second-order valence-electron chi connectivity index (χ2n) is 5.51. The molecule has 0 radical (unpaired) electrons. The van der Waals surface area contributed by atoms with E-state index in [4.69, 9.17) is 16.3 Å². The average molecular weight is 373 g/mol. The number of benzene rings is 2. The average Bonchev–Trinajstić information content (AvgIpc) is 3.09. The van der Waals surface area contributed by atoms with Crippen molar-refractivity contribution in [3.8, 4) is 16.3 Å². The predicted molar refractivity (Wildman–Crippen MR) is 101 cm³/mol. The number of aryl methyl sites for hydroxylation is 1. The molecule has 1 N–H and O–H groups in total. The van der Waals surface area contributed by atoms with Crippen molar-refractivity contribution in [1.82, 2.24) is 10.3 Å². The van der Waals surface area contributed by atoms with Crippen molar-refractivity contribution >= 4 is 28.8 Å². The number of hydrogen-bond donors (Lipinski definition) is 1. The highest BCUT2D eigenvalue weighted by Gasteiger charge is 2.08. The van der Waals surface area contributed by atoms with E-state index in [2.05, 4.69) is 29.4 Å². The largest absolute Gasteiger partial charge is 0.482 e. The summed E-state index contributed by atoms with van der Waals surface area (Å²) in [5.41, 5.74) is 3.12. The summed E-state index contributed by atoms with van der Waals surface area (Å²) >= 11 is 7.55. The lowest BCUT2D eigenvalue weighted by Crippen LogP contribution is -2.28. The first-order valence-corrected chi connectivity index (χ1v) is 9.03. The van der Waals surface area contributed by atoms with E-state index in [1.54, 1.807) is 29.5 Å². The highest BCUT2D eigenvalue weighted by molar-refractivity contribution is 7.13. The number of hydrogen-bond acceptors (Lipinski definition) is 4. The molecule has 0 saturated carbocycles. The molecule has 2 aromatic carbocycles. The molecule has 25 heavy (non-hydrogen) atoms. The van der Waals surface area contributed by atoms with Crippen LogP contribution < -0.4 is 10.1 Å². The molecule has 1 amide bonds. The molecule has 0 fully saturated rings. The molecule has 0 bridgehead atoms. The van der Waals surface area contributed by atoms with Gasteiger partial charge in [0.1, 0.15) is 10.8 Å². The topological polar surface area (TPSA) is 51.2 Å². The third kappa shape index (κ3) is 4.81. The summed E-state index contributed by atoms with van der Waals surface area (Å²) < 4.78 is 5.41. The van der Waals surface area contributed by atoms with Crippen molar-refractivity contribution in [3.63, 3.8) is 0 Å². The quantitative estimate of drug-likeness (QED) is 0.694. The summed E-state index contributed by atoms with van der Waals surface area (Å²) in [7, 11) is 0. The van der Waals surface area contributed by atoms with Gasteiger partial charge < -0.3 is 10.1 Å². The zero-order valence-corrected chi connectivity index (χ0v) is 15.2. The first-order chi connectivity index (χ1) is 12.1. The van der Waals surface area contributed by atoms with Crippen LogP contribution in [0, 0.1) is 6.92 Å². The number of carbonyl (C=O) groups is 1. The molecule has 0 spiro atoms. The lowest BCUT2D eigenvalue weighted by molar-refractivity contribution is -0.123. The van der Waals surface area contributed by atoms with Gasteiger partial charge >= 0.3 is 0 Å². The summed E-state index contributed by atoms with van der Waals surface area (Å²) in [5, 5.41) is 6.17. The number of halogens is 1. The second-order valence-corrected chi connectivity index (χ2v) is 6.77. The molecule has 4 nitrogen and oxygen atoms in total. The maximum Gasteiger partial charge on any atom is 0.258 e. The van der Waals surface area contributed by atoms with E-state index in [-0.39, 0.29) is 12.5 Å². The Balaban J connectivity index is 1.51. The molecule has 3 rings (SSSR count). The normalized spacial score (nSPS) is 10.5. The fraction of sp³-hybridized carbons (Fsp3) is 0.158. The fourth-order valence-corrected chi connectivity index (χ4v) is 3.18. The number of thiazole rings is 1. The van der Waals surface area contributed by atoms with E-state index in [1.807, 2.05) is 23.6 Å². The van der Waals surface area contributed by atoms with Gasteiger partial charge in [0.25, 0.3) is 5.91 Å². The summed E-state index contributed by atoms with van der Waals surface area (Å²) in [6.45, 7) is 2.34. The first kappa shape index (κ1) is 17.5. The molecule has 0 unspecified atom stereocenters. The summed E-state index contributed by atoms with van der Waals surface area (Å²) in [5.74, 6) is 0.277. The van der Waals surface area contributed by atoms with Gasteiger partial charge in [-0.25, -0.2) is 4.98 Å². The smallest absolute Gasteiger partial charge is 0.258 e. The molecule has 6 heteroatoms. The minimum atomic E-state index is -0.218. The maximum atomic E-state index is 11.9. The van der Waals surface area contributed by atoms with Crippen LogP contribution in [-0.4, -0.2) is 17.5 Å². The second kappa shape index (κ2) is 8.14. The van der Waals surface area contributed by atoms with Gasteiger partial charge in [-0.15, -0.1) is 11.3 Å². The molecule has 3 aromatic rings. The minimum Gasteiger partial charge on any atom is -0.482 e. The Morgan fingerprint density at radius 2 is 1.96 bits per heavy atom.